The van der Waals surface area contributed by atoms with Crippen LogP contribution in [-0.4, -0.2) is 46.3 Å². The summed E-state index contributed by atoms with van der Waals surface area (Å²) in [6, 6.07) is 2.47. The number of hydrogen-bond donors (Lipinski definition) is 2. The van der Waals surface area contributed by atoms with Crippen LogP contribution in [0.4, 0.5) is 10.6 Å². The average molecular weight is 377 g/mol. The predicted octanol–water partition coefficient (Wildman–Crippen LogP) is 1.90. The van der Waals surface area contributed by atoms with Gasteiger partial charge in [0, 0.05) is 24.8 Å². The molecule has 2 saturated carbocycles. The first-order valence-electron chi connectivity index (χ1n) is 9.93. The Hall–Kier alpha value is -2.09. The molecule has 1 amide bonds. The molecule has 1 heterocycles. The van der Waals surface area contributed by atoms with Crippen LogP contribution in [0.3, 0.4) is 0 Å². The first-order chi connectivity index (χ1) is 12.9. The van der Waals surface area contributed by atoms with Crippen LogP contribution < -0.4 is 17.2 Å². The van der Waals surface area contributed by atoms with E-state index in [0.29, 0.717) is 12.0 Å². The highest BCUT2D eigenvalue weighted by molar-refractivity contribution is 5.64. The number of ether oxygens (including phenoxy) is 1. The third-order valence-electron chi connectivity index (χ3n) is 6.16. The standard InChI is InChI=1S/C19H31N5O3/c1-23(14-6-8-16(9-7-14)27-18(21)25)12-13-2-4-15(5-3-13)24-11-10-17(20)22-19(24)26/h10-11,13-16H,2-9,12H2,1H3,(H2,21,25)(H2,20,22,26). The Balaban J connectivity index is 1.44. The highest BCUT2D eigenvalue weighted by atomic mass is 16.6. The highest BCUT2D eigenvalue weighted by Gasteiger charge is 2.29. The maximum Gasteiger partial charge on any atom is 0.404 e. The Morgan fingerprint density at radius 3 is 2.48 bits per heavy atom. The number of amides is 1. The minimum Gasteiger partial charge on any atom is -0.446 e. The molecule has 3 rings (SSSR count). The SMILES string of the molecule is CN(CC1CCC(n2ccc(N)nc2=O)CC1)C1CCC(OC(N)=O)CC1. The number of carbonyl (C=O) groups excluding carboxylic acids is 1. The largest absolute Gasteiger partial charge is 0.446 e. The minimum absolute atomic E-state index is 0.0191. The van der Waals surface area contributed by atoms with E-state index in [-0.39, 0.29) is 23.7 Å². The van der Waals surface area contributed by atoms with E-state index in [4.69, 9.17) is 16.2 Å². The van der Waals surface area contributed by atoms with Crippen molar-refractivity contribution >= 4 is 11.9 Å². The van der Waals surface area contributed by atoms with E-state index in [1.807, 2.05) is 0 Å². The third kappa shape index (κ3) is 5.22. The summed E-state index contributed by atoms with van der Waals surface area (Å²) in [6.07, 6.45) is 9.18. The van der Waals surface area contributed by atoms with Crippen LogP contribution in [0.1, 0.15) is 57.4 Å². The first-order valence-corrected chi connectivity index (χ1v) is 9.93. The predicted molar refractivity (Wildman–Crippen MR) is 103 cm³/mol. The molecule has 0 aliphatic heterocycles. The van der Waals surface area contributed by atoms with Crippen molar-refractivity contribution in [2.75, 3.05) is 19.3 Å². The summed E-state index contributed by atoms with van der Waals surface area (Å²) < 4.78 is 6.85. The van der Waals surface area contributed by atoms with Crippen LogP contribution in [0.15, 0.2) is 17.1 Å². The number of anilines is 1. The summed E-state index contributed by atoms with van der Waals surface area (Å²) >= 11 is 0. The van der Waals surface area contributed by atoms with E-state index in [1.165, 1.54) is 0 Å². The van der Waals surface area contributed by atoms with Crippen molar-refractivity contribution in [2.45, 2.75) is 69.6 Å². The van der Waals surface area contributed by atoms with E-state index in [2.05, 4.69) is 16.9 Å². The smallest absolute Gasteiger partial charge is 0.404 e. The lowest BCUT2D eigenvalue weighted by atomic mass is 9.84. The number of primary amides is 1. The zero-order valence-electron chi connectivity index (χ0n) is 16.0. The number of carbonyl (C=O) groups is 1. The van der Waals surface area contributed by atoms with Gasteiger partial charge in [-0.15, -0.1) is 0 Å². The molecule has 8 heteroatoms. The van der Waals surface area contributed by atoms with E-state index in [9.17, 15) is 9.59 Å². The summed E-state index contributed by atoms with van der Waals surface area (Å²) in [7, 11) is 2.19. The molecule has 0 atom stereocenters. The molecular weight excluding hydrogens is 346 g/mol. The second-order valence-electron chi connectivity index (χ2n) is 8.02. The number of aromatic nitrogens is 2. The van der Waals surface area contributed by atoms with E-state index in [1.54, 1.807) is 16.8 Å². The molecule has 27 heavy (non-hydrogen) atoms. The van der Waals surface area contributed by atoms with Gasteiger partial charge in [-0.2, -0.15) is 4.98 Å². The van der Waals surface area contributed by atoms with Crippen LogP contribution >= 0.6 is 0 Å². The Labute approximate surface area is 159 Å². The van der Waals surface area contributed by atoms with Crippen LogP contribution in [-0.2, 0) is 4.74 Å². The Morgan fingerprint density at radius 1 is 1.22 bits per heavy atom. The Kier molecular flexibility index (Phi) is 6.36. The van der Waals surface area contributed by atoms with Gasteiger partial charge < -0.3 is 21.1 Å². The second kappa shape index (κ2) is 8.73. The van der Waals surface area contributed by atoms with Gasteiger partial charge in [0.15, 0.2) is 0 Å². The van der Waals surface area contributed by atoms with E-state index < -0.39 is 6.09 Å². The summed E-state index contributed by atoms with van der Waals surface area (Å²) in [5, 5.41) is 0. The van der Waals surface area contributed by atoms with Crippen molar-refractivity contribution in [3.05, 3.63) is 22.7 Å². The van der Waals surface area contributed by atoms with Crippen molar-refractivity contribution in [1.82, 2.24) is 14.5 Å². The Morgan fingerprint density at radius 2 is 1.89 bits per heavy atom. The topological polar surface area (TPSA) is 116 Å². The van der Waals surface area contributed by atoms with Crippen LogP contribution in [0.25, 0.3) is 0 Å². The minimum atomic E-state index is -0.668. The van der Waals surface area contributed by atoms with Crippen LogP contribution in [0, 0.1) is 5.92 Å². The van der Waals surface area contributed by atoms with Crippen LogP contribution in [0.5, 0.6) is 0 Å². The van der Waals surface area contributed by atoms with Gasteiger partial charge in [0.1, 0.15) is 11.9 Å². The summed E-state index contributed by atoms with van der Waals surface area (Å²) in [4.78, 5) is 29.2. The zero-order valence-corrected chi connectivity index (χ0v) is 16.0. The van der Waals surface area contributed by atoms with Gasteiger partial charge in [0.25, 0.3) is 0 Å². The summed E-state index contributed by atoms with van der Waals surface area (Å²) in [5.41, 5.74) is 10.4. The van der Waals surface area contributed by atoms with Gasteiger partial charge >= 0.3 is 11.8 Å². The molecule has 0 bridgehead atoms. The number of nitrogens with zero attached hydrogens (tertiary/aromatic N) is 3. The maximum absolute atomic E-state index is 12.0. The molecular formula is C19H31N5O3. The van der Waals surface area contributed by atoms with Gasteiger partial charge in [-0.05, 0) is 70.4 Å². The van der Waals surface area contributed by atoms with E-state index >= 15 is 0 Å². The van der Waals surface area contributed by atoms with Crippen molar-refractivity contribution in [2.24, 2.45) is 11.7 Å². The third-order valence-corrected chi connectivity index (χ3v) is 6.16. The molecule has 0 saturated heterocycles. The lowest BCUT2D eigenvalue weighted by Crippen LogP contribution is -2.41. The van der Waals surface area contributed by atoms with Crippen molar-refractivity contribution < 1.29 is 9.53 Å². The molecule has 0 aromatic carbocycles. The number of rotatable bonds is 5. The summed E-state index contributed by atoms with van der Waals surface area (Å²) in [6.45, 7) is 1.08. The lowest BCUT2D eigenvalue weighted by Gasteiger charge is -2.37. The van der Waals surface area contributed by atoms with E-state index in [0.717, 1.165) is 57.9 Å². The fourth-order valence-electron chi connectivity index (χ4n) is 4.63. The van der Waals surface area contributed by atoms with Gasteiger partial charge in [-0.1, -0.05) is 0 Å². The molecule has 2 aliphatic rings. The molecule has 1 aromatic rings. The van der Waals surface area contributed by atoms with Gasteiger partial charge in [-0.25, -0.2) is 9.59 Å². The second-order valence-corrected chi connectivity index (χ2v) is 8.02. The molecule has 0 radical (unpaired) electrons. The quantitative estimate of drug-likeness (QED) is 0.809. The molecule has 2 aliphatic carbocycles. The normalized spacial score (nSPS) is 28.8. The van der Waals surface area contributed by atoms with Gasteiger partial charge in [0.2, 0.25) is 0 Å². The fourth-order valence-corrected chi connectivity index (χ4v) is 4.63. The molecule has 150 valence electrons. The molecule has 0 spiro atoms. The van der Waals surface area contributed by atoms with Crippen molar-refractivity contribution in [1.29, 1.82) is 0 Å². The molecule has 4 N–H and O–H groups in total. The van der Waals surface area contributed by atoms with Gasteiger partial charge in [0.05, 0.1) is 0 Å². The Bertz CT molecular complexity index is 691. The molecule has 0 unspecified atom stereocenters. The number of nitrogens with two attached hydrogens (primary N) is 2. The van der Waals surface area contributed by atoms with Crippen LogP contribution in [0.2, 0.25) is 0 Å². The summed E-state index contributed by atoms with van der Waals surface area (Å²) in [5.74, 6) is 0.936. The average Bonchev–Trinajstić information content (AvgIpc) is 2.63. The highest BCUT2D eigenvalue weighted by Crippen LogP contribution is 2.33. The molecule has 2 fully saturated rings. The fraction of sp³-hybridized carbons (Fsp3) is 0.737. The maximum atomic E-state index is 12.0. The molecule has 8 nitrogen and oxygen atoms in total. The van der Waals surface area contributed by atoms with Crippen molar-refractivity contribution in [3.63, 3.8) is 0 Å². The first kappa shape index (κ1) is 19.7. The number of nitrogen functional groups attached to an aromatic ring is 1. The number of hydrogen-bond acceptors (Lipinski definition) is 6. The van der Waals surface area contributed by atoms with Crippen molar-refractivity contribution in [3.8, 4) is 0 Å². The zero-order chi connectivity index (χ0) is 19.4. The monoisotopic (exact) mass is 377 g/mol. The van der Waals surface area contributed by atoms with Gasteiger partial charge in [-0.3, -0.25) is 4.57 Å². The lowest BCUT2D eigenvalue weighted by molar-refractivity contribution is 0.0529. The molecule has 1 aromatic heterocycles.